The Kier molecular flexibility index (Phi) is 2.94. The van der Waals surface area contributed by atoms with Gasteiger partial charge >= 0.3 is 0 Å². The first-order chi connectivity index (χ1) is 9.70. The number of anilines is 1. The number of aromatic nitrogens is 5. The third-order valence-electron chi connectivity index (χ3n) is 3.17. The van der Waals surface area contributed by atoms with Crippen LogP contribution in [0.5, 0.6) is 0 Å². The van der Waals surface area contributed by atoms with Crippen LogP contribution in [-0.2, 0) is 6.54 Å². The number of carbonyl (C=O) groups excluding carboxylic acids is 1. The van der Waals surface area contributed by atoms with Crippen LogP contribution in [-0.4, -0.2) is 30.3 Å². The van der Waals surface area contributed by atoms with Crippen molar-refractivity contribution in [2.75, 3.05) is 5.32 Å². The highest BCUT2D eigenvalue weighted by Gasteiger charge is 2.15. The summed E-state index contributed by atoms with van der Waals surface area (Å²) in [7, 11) is 0. The fourth-order valence-electron chi connectivity index (χ4n) is 2.07. The molecule has 3 rings (SSSR count). The molecule has 0 bridgehead atoms. The molecule has 102 valence electrons. The van der Waals surface area contributed by atoms with Crippen LogP contribution in [0.4, 0.5) is 5.69 Å². The second-order valence-corrected chi connectivity index (χ2v) is 4.36. The van der Waals surface area contributed by atoms with Gasteiger partial charge in [0.1, 0.15) is 5.56 Å². The fourth-order valence-corrected chi connectivity index (χ4v) is 2.07. The van der Waals surface area contributed by atoms with E-state index in [1.54, 1.807) is 29.2 Å². The van der Waals surface area contributed by atoms with E-state index in [9.17, 15) is 4.79 Å². The molecule has 0 spiro atoms. The fraction of sp³-hybridized carbons (Fsp3) is 0.231. The van der Waals surface area contributed by atoms with Gasteiger partial charge in [0.05, 0.1) is 23.8 Å². The second kappa shape index (κ2) is 4.76. The number of carbonyl (C=O) groups is 1. The third-order valence-corrected chi connectivity index (χ3v) is 3.17. The van der Waals surface area contributed by atoms with Crippen LogP contribution >= 0.6 is 0 Å². The number of nitrogens with one attached hydrogen (secondary N) is 1. The molecule has 1 amide bonds. The lowest BCUT2D eigenvalue weighted by molar-refractivity contribution is 0.102. The Morgan fingerprint density at radius 2 is 2.20 bits per heavy atom. The van der Waals surface area contributed by atoms with Crippen molar-refractivity contribution >= 4 is 17.2 Å². The summed E-state index contributed by atoms with van der Waals surface area (Å²) >= 11 is 0. The summed E-state index contributed by atoms with van der Waals surface area (Å²) in [5.41, 5.74) is 2.59. The summed E-state index contributed by atoms with van der Waals surface area (Å²) in [6, 6.07) is 1.76. The minimum Gasteiger partial charge on any atom is -0.319 e. The third kappa shape index (κ3) is 1.93. The van der Waals surface area contributed by atoms with E-state index in [1.807, 2.05) is 18.5 Å². The van der Waals surface area contributed by atoms with Gasteiger partial charge in [-0.25, -0.2) is 9.50 Å². The highest BCUT2D eigenvalue weighted by Crippen LogP contribution is 2.16. The van der Waals surface area contributed by atoms with Crippen molar-refractivity contribution in [3.8, 4) is 0 Å². The van der Waals surface area contributed by atoms with Crippen molar-refractivity contribution in [2.45, 2.75) is 20.4 Å². The first-order valence-corrected chi connectivity index (χ1v) is 6.33. The van der Waals surface area contributed by atoms with Gasteiger partial charge in [0.15, 0.2) is 5.65 Å². The first kappa shape index (κ1) is 12.3. The van der Waals surface area contributed by atoms with E-state index in [2.05, 4.69) is 20.5 Å². The molecule has 0 radical (unpaired) electrons. The van der Waals surface area contributed by atoms with Gasteiger partial charge < -0.3 is 5.32 Å². The van der Waals surface area contributed by atoms with E-state index in [0.717, 1.165) is 12.2 Å². The minimum atomic E-state index is -0.238. The Morgan fingerprint density at radius 3 is 2.95 bits per heavy atom. The van der Waals surface area contributed by atoms with Gasteiger partial charge in [-0.05, 0) is 19.9 Å². The van der Waals surface area contributed by atoms with Crippen molar-refractivity contribution in [3.05, 3.63) is 42.1 Å². The maximum Gasteiger partial charge on any atom is 0.261 e. The van der Waals surface area contributed by atoms with Gasteiger partial charge in [0, 0.05) is 18.9 Å². The average molecular weight is 270 g/mol. The molecular formula is C13H14N6O. The van der Waals surface area contributed by atoms with E-state index in [1.165, 1.54) is 6.20 Å². The highest BCUT2D eigenvalue weighted by molar-refractivity contribution is 6.08. The molecule has 0 atom stereocenters. The zero-order valence-electron chi connectivity index (χ0n) is 11.2. The molecule has 1 N–H and O–H groups in total. The summed E-state index contributed by atoms with van der Waals surface area (Å²) < 4.78 is 3.39. The Balaban J connectivity index is 1.91. The van der Waals surface area contributed by atoms with Crippen LogP contribution in [0.25, 0.3) is 5.65 Å². The van der Waals surface area contributed by atoms with Crippen molar-refractivity contribution in [2.24, 2.45) is 0 Å². The minimum absolute atomic E-state index is 0.238. The van der Waals surface area contributed by atoms with Crippen molar-refractivity contribution < 1.29 is 4.79 Å². The van der Waals surface area contributed by atoms with Crippen molar-refractivity contribution in [3.63, 3.8) is 0 Å². The summed E-state index contributed by atoms with van der Waals surface area (Å²) in [4.78, 5) is 16.5. The summed E-state index contributed by atoms with van der Waals surface area (Å²) in [5, 5.41) is 11.1. The summed E-state index contributed by atoms with van der Waals surface area (Å²) in [5.74, 6) is -0.238. The Morgan fingerprint density at radius 1 is 1.35 bits per heavy atom. The van der Waals surface area contributed by atoms with Gasteiger partial charge in [-0.3, -0.25) is 9.48 Å². The van der Waals surface area contributed by atoms with Gasteiger partial charge in [-0.2, -0.15) is 10.2 Å². The molecule has 20 heavy (non-hydrogen) atoms. The molecule has 0 unspecified atom stereocenters. The molecule has 3 aromatic rings. The zero-order valence-corrected chi connectivity index (χ0v) is 11.2. The molecular weight excluding hydrogens is 256 g/mol. The van der Waals surface area contributed by atoms with Crippen LogP contribution in [0.15, 0.2) is 30.9 Å². The second-order valence-electron chi connectivity index (χ2n) is 4.36. The smallest absolute Gasteiger partial charge is 0.261 e. The van der Waals surface area contributed by atoms with Crippen molar-refractivity contribution in [1.29, 1.82) is 0 Å². The van der Waals surface area contributed by atoms with Crippen LogP contribution in [0.2, 0.25) is 0 Å². The summed E-state index contributed by atoms with van der Waals surface area (Å²) in [6.07, 6.45) is 6.54. The van der Waals surface area contributed by atoms with Crippen LogP contribution < -0.4 is 5.32 Å². The van der Waals surface area contributed by atoms with Crippen LogP contribution in [0, 0.1) is 6.92 Å². The normalized spacial score (nSPS) is 10.9. The average Bonchev–Trinajstić information content (AvgIpc) is 3.03. The molecule has 0 saturated heterocycles. The van der Waals surface area contributed by atoms with Gasteiger partial charge in [-0.15, -0.1) is 0 Å². The predicted octanol–water partition coefficient (Wildman–Crippen LogP) is 1.51. The van der Waals surface area contributed by atoms with Gasteiger partial charge in [0.2, 0.25) is 0 Å². The number of hydrogen-bond acceptors (Lipinski definition) is 4. The number of nitrogens with zero attached hydrogens (tertiary/aromatic N) is 5. The van der Waals surface area contributed by atoms with Crippen LogP contribution in [0.3, 0.4) is 0 Å². The van der Waals surface area contributed by atoms with E-state index in [-0.39, 0.29) is 5.91 Å². The monoisotopic (exact) mass is 270 g/mol. The number of fused-ring (bicyclic) bond motifs is 1. The van der Waals surface area contributed by atoms with Crippen molar-refractivity contribution in [1.82, 2.24) is 24.4 Å². The molecule has 0 aliphatic rings. The largest absolute Gasteiger partial charge is 0.319 e. The van der Waals surface area contributed by atoms with E-state index < -0.39 is 0 Å². The molecule has 0 aliphatic carbocycles. The van der Waals surface area contributed by atoms with Gasteiger partial charge in [0.25, 0.3) is 5.91 Å². The predicted molar refractivity (Wildman–Crippen MR) is 73.6 cm³/mol. The van der Waals surface area contributed by atoms with Crippen LogP contribution in [0.1, 0.15) is 23.0 Å². The first-order valence-electron chi connectivity index (χ1n) is 6.33. The quantitative estimate of drug-likeness (QED) is 0.782. The lowest BCUT2D eigenvalue weighted by Crippen LogP contribution is -2.12. The number of hydrogen-bond donors (Lipinski definition) is 1. The van der Waals surface area contributed by atoms with E-state index in [4.69, 9.17) is 0 Å². The SMILES string of the molecule is CCn1ncc(NC(=O)c2cnn3cccnc23)c1C. The maximum atomic E-state index is 12.3. The molecule has 7 heteroatoms. The van der Waals surface area contributed by atoms with Gasteiger partial charge in [-0.1, -0.05) is 0 Å². The lowest BCUT2D eigenvalue weighted by Gasteiger charge is -2.04. The molecule has 7 nitrogen and oxygen atoms in total. The Bertz CT molecular complexity index is 772. The molecule has 0 fully saturated rings. The zero-order chi connectivity index (χ0) is 14.1. The Hall–Kier alpha value is -2.70. The molecule has 3 heterocycles. The number of rotatable bonds is 3. The molecule has 0 aromatic carbocycles. The molecule has 3 aromatic heterocycles. The number of amides is 1. The highest BCUT2D eigenvalue weighted by atomic mass is 16.1. The number of aryl methyl sites for hydroxylation is 1. The maximum absolute atomic E-state index is 12.3. The van der Waals surface area contributed by atoms with E-state index in [0.29, 0.717) is 16.9 Å². The standard InChI is InChI=1S/C13H14N6O/c1-3-18-9(2)11(8-16-18)17-13(20)10-7-15-19-6-4-5-14-12(10)19/h4-8H,3H2,1-2H3,(H,17,20). The topological polar surface area (TPSA) is 77.1 Å². The molecule has 0 saturated carbocycles. The summed E-state index contributed by atoms with van der Waals surface area (Å²) in [6.45, 7) is 4.68. The van der Waals surface area contributed by atoms with E-state index >= 15 is 0 Å². The Labute approximate surface area is 115 Å². The molecule has 0 aliphatic heterocycles. The lowest BCUT2D eigenvalue weighted by atomic mass is 10.3.